The van der Waals surface area contributed by atoms with E-state index >= 15 is 0 Å². The molecule has 0 aliphatic carbocycles. The molecule has 96 valence electrons. The number of imidazole rings is 1. The monoisotopic (exact) mass is 335 g/mol. The second-order valence-electron chi connectivity index (χ2n) is 4.03. The molecule has 0 fully saturated rings. The van der Waals surface area contributed by atoms with Gasteiger partial charge in [-0.15, -0.1) is 11.3 Å². The lowest BCUT2D eigenvalue weighted by Gasteiger charge is -2.03. The van der Waals surface area contributed by atoms with E-state index in [9.17, 15) is 4.79 Å². The van der Waals surface area contributed by atoms with Crippen LogP contribution < -0.4 is 5.32 Å². The number of thiophene rings is 1. The summed E-state index contributed by atoms with van der Waals surface area (Å²) in [7, 11) is 1.88. The van der Waals surface area contributed by atoms with Crippen LogP contribution in [0.1, 0.15) is 9.67 Å². The van der Waals surface area contributed by atoms with E-state index in [1.807, 2.05) is 47.3 Å². The molecule has 0 radical (unpaired) electrons. The van der Waals surface area contributed by atoms with Gasteiger partial charge in [0.1, 0.15) is 4.88 Å². The highest BCUT2D eigenvalue weighted by molar-refractivity contribution is 9.10. The summed E-state index contributed by atoms with van der Waals surface area (Å²) in [6.45, 7) is 0. The lowest BCUT2D eigenvalue weighted by molar-refractivity contribution is 0.102. The number of carbonyl (C=O) groups is 1. The molecule has 1 aromatic carbocycles. The Morgan fingerprint density at radius 3 is 2.84 bits per heavy atom. The molecule has 0 saturated heterocycles. The molecule has 0 atom stereocenters. The van der Waals surface area contributed by atoms with Crippen LogP contribution in [0.5, 0.6) is 0 Å². The molecule has 3 aromatic rings. The average molecular weight is 336 g/mol. The Morgan fingerprint density at radius 1 is 1.37 bits per heavy atom. The van der Waals surface area contributed by atoms with Crippen molar-refractivity contribution in [2.45, 2.75) is 0 Å². The Balaban J connectivity index is 1.96. The second kappa shape index (κ2) is 4.79. The molecule has 2 aromatic heterocycles. The van der Waals surface area contributed by atoms with Gasteiger partial charge in [0, 0.05) is 11.5 Å². The van der Waals surface area contributed by atoms with Crippen molar-refractivity contribution >= 4 is 50.2 Å². The van der Waals surface area contributed by atoms with Crippen molar-refractivity contribution in [2.75, 3.05) is 5.32 Å². The summed E-state index contributed by atoms with van der Waals surface area (Å²) in [4.78, 5) is 17.2. The zero-order valence-corrected chi connectivity index (χ0v) is 12.5. The van der Waals surface area contributed by atoms with Gasteiger partial charge < -0.3 is 4.57 Å². The van der Waals surface area contributed by atoms with E-state index in [0.29, 0.717) is 10.8 Å². The molecule has 4 nitrogen and oxygen atoms in total. The molecule has 6 heteroatoms. The number of amides is 1. The molecular weight excluding hydrogens is 326 g/mol. The normalized spacial score (nSPS) is 10.8. The van der Waals surface area contributed by atoms with Gasteiger partial charge >= 0.3 is 0 Å². The lowest BCUT2D eigenvalue weighted by atomic mass is 10.3. The summed E-state index contributed by atoms with van der Waals surface area (Å²) >= 11 is 4.75. The molecular formula is C13H10BrN3OS. The number of aromatic nitrogens is 2. The van der Waals surface area contributed by atoms with Crippen LogP contribution in [-0.2, 0) is 7.05 Å². The molecule has 0 saturated carbocycles. The zero-order valence-electron chi connectivity index (χ0n) is 10.1. The van der Waals surface area contributed by atoms with Crippen LogP contribution in [0.25, 0.3) is 11.0 Å². The number of para-hydroxylation sites is 2. The van der Waals surface area contributed by atoms with Crippen molar-refractivity contribution in [3.05, 3.63) is 45.1 Å². The molecule has 2 heterocycles. The minimum Gasteiger partial charge on any atom is -0.313 e. The fourth-order valence-electron chi connectivity index (χ4n) is 1.87. The Kier molecular flexibility index (Phi) is 3.12. The molecule has 0 unspecified atom stereocenters. The maximum atomic E-state index is 12.1. The van der Waals surface area contributed by atoms with Gasteiger partial charge in [0.05, 0.1) is 11.0 Å². The predicted octanol–water partition coefficient (Wildman–Crippen LogP) is 3.65. The standard InChI is InChI=1S/C13H10BrN3OS/c1-17-10-5-3-2-4-9(10)15-13(17)16-12(18)11-8(14)6-7-19-11/h2-7H,1H3,(H,15,16,18). The first-order valence-electron chi connectivity index (χ1n) is 5.62. The molecule has 19 heavy (non-hydrogen) atoms. The van der Waals surface area contributed by atoms with Crippen molar-refractivity contribution in [2.24, 2.45) is 7.05 Å². The smallest absolute Gasteiger partial charge is 0.269 e. The van der Waals surface area contributed by atoms with Gasteiger partial charge in [-0.1, -0.05) is 12.1 Å². The van der Waals surface area contributed by atoms with Crippen LogP contribution in [-0.4, -0.2) is 15.5 Å². The van der Waals surface area contributed by atoms with Crippen molar-refractivity contribution in [3.8, 4) is 0 Å². The molecule has 1 amide bonds. The van der Waals surface area contributed by atoms with Crippen molar-refractivity contribution in [1.82, 2.24) is 9.55 Å². The number of hydrogen-bond acceptors (Lipinski definition) is 3. The van der Waals surface area contributed by atoms with E-state index in [0.717, 1.165) is 15.5 Å². The van der Waals surface area contributed by atoms with Crippen LogP contribution in [0.3, 0.4) is 0 Å². The maximum Gasteiger partial charge on any atom is 0.269 e. The number of rotatable bonds is 2. The van der Waals surface area contributed by atoms with Crippen molar-refractivity contribution < 1.29 is 4.79 Å². The largest absolute Gasteiger partial charge is 0.313 e. The number of hydrogen-bond donors (Lipinski definition) is 1. The van der Waals surface area contributed by atoms with Gasteiger partial charge in [-0.25, -0.2) is 4.98 Å². The van der Waals surface area contributed by atoms with Gasteiger partial charge in [0.15, 0.2) is 0 Å². The Hall–Kier alpha value is -1.66. The third-order valence-corrected chi connectivity index (χ3v) is 4.67. The quantitative estimate of drug-likeness (QED) is 0.776. The number of carbonyl (C=O) groups excluding carboxylic acids is 1. The number of nitrogens with zero attached hydrogens (tertiary/aromatic N) is 2. The highest BCUT2D eigenvalue weighted by atomic mass is 79.9. The summed E-state index contributed by atoms with van der Waals surface area (Å²) in [6.07, 6.45) is 0. The molecule has 0 aliphatic heterocycles. The van der Waals surface area contributed by atoms with Gasteiger partial charge in [-0.3, -0.25) is 10.1 Å². The van der Waals surface area contributed by atoms with Gasteiger partial charge in [0.2, 0.25) is 5.95 Å². The summed E-state index contributed by atoms with van der Waals surface area (Å²) in [6, 6.07) is 9.63. The maximum absolute atomic E-state index is 12.1. The Labute approximate surface area is 122 Å². The third-order valence-electron chi connectivity index (χ3n) is 2.84. The first kappa shape index (κ1) is 12.4. The predicted molar refractivity (Wildman–Crippen MR) is 80.7 cm³/mol. The van der Waals surface area contributed by atoms with E-state index in [4.69, 9.17) is 0 Å². The molecule has 0 aliphatic rings. The molecule has 0 bridgehead atoms. The number of nitrogens with one attached hydrogen (secondary N) is 1. The fraction of sp³-hybridized carbons (Fsp3) is 0.0769. The van der Waals surface area contributed by atoms with E-state index in [-0.39, 0.29) is 5.91 Å². The number of anilines is 1. The summed E-state index contributed by atoms with van der Waals surface area (Å²) in [5, 5.41) is 4.71. The number of halogens is 1. The van der Waals surface area contributed by atoms with Crippen LogP contribution in [0.15, 0.2) is 40.2 Å². The number of aryl methyl sites for hydroxylation is 1. The second-order valence-corrected chi connectivity index (χ2v) is 5.81. The molecule has 0 spiro atoms. The number of benzene rings is 1. The van der Waals surface area contributed by atoms with Crippen LogP contribution in [0.2, 0.25) is 0 Å². The van der Waals surface area contributed by atoms with Crippen molar-refractivity contribution in [3.63, 3.8) is 0 Å². The van der Waals surface area contributed by atoms with E-state index in [1.54, 1.807) is 0 Å². The summed E-state index contributed by atoms with van der Waals surface area (Å²) in [5.74, 6) is 0.395. The van der Waals surface area contributed by atoms with E-state index in [2.05, 4.69) is 26.2 Å². The van der Waals surface area contributed by atoms with Gasteiger partial charge in [-0.2, -0.15) is 0 Å². The first-order valence-corrected chi connectivity index (χ1v) is 7.30. The average Bonchev–Trinajstić information content (AvgIpc) is 2.95. The van der Waals surface area contributed by atoms with Crippen LogP contribution in [0, 0.1) is 0 Å². The zero-order chi connectivity index (χ0) is 13.4. The van der Waals surface area contributed by atoms with E-state index < -0.39 is 0 Å². The fourth-order valence-corrected chi connectivity index (χ4v) is 3.32. The minimum absolute atomic E-state index is 0.153. The highest BCUT2D eigenvalue weighted by Gasteiger charge is 2.15. The van der Waals surface area contributed by atoms with Gasteiger partial charge in [0.25, 0.3) is 5.91 Å². The Morgan fingerprint density at radius 2 is 2.16 bits per heavy atom. The van der Waals surface area contributed by atoms with Crippen molar-refractivity contribution in [1.29, 1.82) is 0 Å². The Bertz CT molecular complexity index is 762. The SMILES string of the molecule is Cn1c(NC(=O)c2sccc2Br)nc2ccccc21. The lowest BCUT2D eigenvalue weighted by Crippen LogP contribution is -2.14. The third kappa shape index (κ3) is 2.17. The minimum atomic E-state index is -0.153. The van der Waals surface area contributed by atoms with E-state index in [1.165, 1.54) is 11.3 Å². The van der Waals surface area contributed by atoms with Crippen LogP contribution >= 0.6 is 27.3 Å². The highest BCUT2D eigenvalue weighted by Crippen LogP contribution is 2.24. The van der Waals surface area contributed by atoms with Crippen LogP contribution in [0.4, 0.5) is 5.95 Å². The van der Waals surface area contributed by atoms with Gasteiger partial charge in [-0.05, 0) is 39.5 Å². The first-order chi connectivity index (χ1) is 9.16. The molecule has 3 rings (SSSR count). The number of fused-ring (bicyclic) bond motifs is 1. The summed E-state index contributed by atoms with van der Waals surface area (Å²) in [5.41, 5.74) is 1.86. The molecule has 1 N–H and O–H groups in total. The summed E-state index contributed by atoms with van der Waals surface area (Å²) < 4.78 is 2.67. The topological polar surface area (TPSA) is 46.9 Å².